The van der Waals surface area contributed by atoms with E-state index in [0.717, 1.165) is 37.1 Å². The highest BCUT2D eigenvalue weighted by atomic mass is 35.5. The predicted octanol–water partition coefficient (Wildman–Crippen LogP) is 4.02. The first-order valence-corrected chi connectivity index (χ1v) is 8.99. The van der Waals surface area contributed by atoms with Crippen LogP contribution in [0.15, 0.2) is 59.7 Å². The Hall–Kier alpha value is -2.17. The maximum absolute atomic E-state index is 12.8. The third-order valence-electron chi connectivity index (χ3n) is 4.38. The van der Waals surface area contributed by atoms with Gasteiger partial charge in [0.2, 0.25) is 0 Å². The van der Waals surface area contributed by atoms with Crippen LogP contribution < -0.4 is 5.43 Å². The van der Waals surface area contributed by atoms with Crippen LogP contribution >= 0.6 is 11.6 Å². The molecule has 0 spiro atoms. The summed E-state index contributed by atoms with van der Waals surface area (Å²) < 4.78 is 0. The number of rotatable bonds is 5. The molecular weight excluding hydrogens is 334 g/mol. The Bertz CT molecular complexity index is 709. The van der Waals surface area contributed by atoms with Gasteiger partial charge in [0, 0.05) is 5.02 Å². The molecule has 130 valence electrons. The molecule has 5 heteroatoms. The number of carbonyl (C=O) groups excluding carboxylic acids is 1. The molecule has 1 fully saturated rings. The van der Waals surface area contributed by atoms with Gasteiger partial charge in [0.25, 0.3) is 5.91 Å². The second-order valence-electron chi connectivity index (χ2n) is 6.20. The van der Waals surface area contributed by atoms with Crippen LogP contribution in [0, 0.1) is 0 Å². The minimum absolute atomic E-state index is 0.0988. The maximum atomic E-state index is 12.8. The van der Waals surface area contributed by atoms with Gasteiger partial charge < -0.3 is 0 Å². The first kappa shape index (κ1) is 17.6. The van der Waals surface area contributed by atoms with Crippen LogP contribution in [0.5, 0.6) is 0 Å². The summed E-state index contributed by atoms with van der Waals surface area (Å²) in [6, 6.07) is 16.9. The lowest BCUT2D eigenvalue weighted by Gasteiger charge is -2.33. The number of halogens is 1. The molecule has 4 nitrogen and oxygen atoms in total. The van der Waals surface area contributed by atoms with E-state index in [0.29, 0.717) is 5.02 Å². The van der Waals surface area contributed by atoms with E-state index in [2.05, 4.69) is 15.4 Å². The smallest absolute Gasteiger partial charge is 0.262 e. The molecule has 1 heterocycles. The molecule has 2 aromatic rings. The number of hydrogen-bond donors (Lipinski definition) is 1. The van der Waals surface area contributed by atoms with E-state index in [4.69, 9.17) is 11.6 Å². The SMILES string of the molecule is O=C(N/N=C\c1ccc(Cl)cc1)[C@H](c1ccccc1)N1CCCCC1. The van der Waals surface area contributed by atoms with Crippen LogP contribution in [0.1, 0.15) is 36.4 Å². The van der Waals surface area contributed by atoms with Crippen LogP contribution in [0.4, 0.5) is 0 Å². The van der Waals surface area contributed by atoms with Gasteiger partial charge in [-0.15, -0.1) is 0 Å². The highest BCUT2D eigenvalue weighted by Gasteiger charge is 2.28. The molecule has 0 saturated carbocycles. The van der Waals surface area contributed by atoms with E-state index < -0.39 is 0 Å². The van der Waals surface area contributed by atoms with Gasteiger partial charge in [0.05, 0.1) is 6.21 Å². The van der Waals surface area contributed by atoms with Gasteiger partial charge >= 0.3 is 0 Å². The van der Waals surface area contributed by atoms with Crippen molar-refractivity contribution in [3.8, 4) is 0 Å². The van der Waals surface area contributed by atoms with Gasteiger partial charge in [-0.2, -0.15) is 5.10 Å². The molecule has 0 unspecified atom stereocenters. The van der Waals surface area contributed by atoms with Gasteiger partial charge in [-0.25, -0.2) is 5.43 Å². The standard InChI is InChI=1S/C20H22ClN3O/c21-18-11-9-16(10-12-18)15-22-23-20(25)19(17-7-3-1-4-8-17)24-13-5-2-6-14-24/h1,3-4,7-12,15,19H,2,5-6,13-14H2,(H,23,25)/b22-15-/t19-/m0/s1. The van der Waals surface area contributed by atoms with Crippen molar-refractivity contribution in [2.75, 3.05) is 13.1 Å². The third kappa shape index (κ3) is 4.91. The van der Waals surface area contributed by atoms with Gasteiger partial charge in [0.15, 0.2) is 0 Å². The Kier molecular flexibility index (Phi) is 6.20. The Morgan fingerprint density at radius 3 is 2.40 bits per heavy atom. The summed E-state index contributed by atoms with van der Waals surface area (Å²) in [7, 11) is 0. The molecule has 1 aliphatic rings. The summed E-state index contributed by atoms with van der Waals surface area (Å²) >= 11 is 5.87. The second kappa shape index (κ2) is 8.79. The van der Waals surface area contributed by atoms with E-state index in [-0.39, 0.29) is 11.9 Å². The number of piperidine rings is 1. The zero-order valence-electron chi connectivity index (χ0n) is 14.1. The second-order valence-corrected chi connectivity index (χ2v) is 6.63. The lowest BCUT2D eigenvalue weighted by atomic mass is 10.0. The number of carbonyl (C=O) groups is 1. The Labute approximate surface area is 153 Å². The average molecular weight is 356 g/mol. The van der Waals surface area contributed by atoms with Crippen LogP contribution in [0.3, 0.4) is 0 Å². The molecule has 2 aromatic carbocycles. The van der Waals surface area contributed by atoms with Crippen molar-refractivity contribution in [3.05, 3.63) is 70.7 Å². The molecule has 0 aromatic heterocycles. The summed E-state index contributed by atoms with van der Waals surface area (Å²) in [6.45, 7) is 1.88. The van der Waals surface area contributed by atoms with Crippen molar-refractivity contribution in [1.82, 2.24) is 10.3 Å². The number of hydrazone groups is 1. The molecule has 25 heavy (non-hydrogen) atoms. The monoisotopic (exact) mass is 355 g/mol. The van der Waals surface area contributed by atoms with Crippen LogP contribution in [0.2, 0.25) is 5.02 Å². The minimum Gasteiger partial charge on any atom is -0.288 e. The highest BCUT2D eigenvalue weighted by molar-refractivity contribution is 6.30. The minimum atomic E-state index is -0.302. The van der Waals surface area contributed by atoms with E-state index in [1.54, 1.807) is 18.3 Å². The summed E-state index contributed by atoms with van der Waals surface area (Å²) in [4.78, 5) is 15.0. The van der Waals surface area contributed by atoms with Crippen LogP contribution in [-0.2, 0) is 4.79 Å². The molecule has 0 bridgehead atoms. The Morgan fingerprint density at radius 2 is 1.72 bits per heavy atom. The first-order valence-electron chi connectivity index (χ1n) is 8.61. The number of nitrogens with one attached hydrogen (secondary N) is 1. The molecule has 1 amide bonds. The van der Waals surface area contributed by atoms with Crippen LogP contribution in [0.25, 0.3) is 0 Å². The fourth-order valence-electron chi connectivity index (χ4n) is 3.12. The Morgan fingerprint density at radius 1 is 1.04 bits per heavy atom. The van der Waals surface area contributed by atoms with E-state index >= 15 is 0 Å². The van der Waals surface area contributed by atoms with Gasteiger partial charge in [0.1, 0.15) is 6.04 Å². The molecule has 3 rings (SSSR count). The zero-order valence-corrected chi connectivity index (χ0v) is 14.8. The van der Waals surface area contributed by atoms with Crippen molar-refractivity contribution in [2.24, 2.45) is 5.10 Å². The summed E-state index contributed by atoms with van der Waals surface area (Å²) in [5.41, 5.74) is 4.59. The predicted molar refractivity (Wildman–Crippen MR) is 102 cm³/mol. The zero-order chi connectivity index (χ0) is 17.5. The quantitative estimate of drug-likeness (QED) is 0.650. The molecule has 1 aliphatic heterocycles. The summed E-state index contributed by atoms with van der Waals surface area (Å²) in [5, 5.41) is 4.79. The molecular formula is C20H22ClN3O. The first-order chi connectivity index (χ1) is 12.2. The number of nitrogens with zero attached hydrogens (tertiary/aromatic N) is 2. The molecule has 1 N–H and O–H groups in total. The number of amides is 1. The largest absolute Gasteiger partial charge is 0.288 e. The van der Waals surface area contributed by atoms with Crippen molar-refractivity contribution >= 4 is 23.7 Å². The fraction of sp³-hybridized carbons (Fsp3) is 0.300. The van der Waals surface area contributed by atoms with Crippen molar-refractivity contribution < 1.29 is 4.79 Å². The van der Waals surface area contributed by atoms with Crippen molar-refractivity contribution in [3.63, 3.8) is 0 Å². The normalized spacial score (nSPS) is 16.7. The number of likely N-dealkylation sites (tertiary alicyclic amines) is 1. The maximum Gasteiger partial charge on any atom is 0.262 e. The van der Waals surface area contributed by atoms with Crippen LogP contribution in [-0.4, -0.2) is 30.1 Å². The molecule has 1 saturated heterocycles. The Balaban J connectivity index is 1.71. The average Bonchev–Trinajstić information content (AvgIpc) is 2.65. The fourth-order valence-corrected chi connectivity index (χ4v) is 3.25. The topological polar surface area (TPSA) is 44.7 Å². The van der Waals surface area contributed by atoms with Crippen molar-refractivity contribution in [1.29, 1.82) is 0 Å². The number of hydrogen-bond acceptors (Lipinski definition) is 3. The number of benzene rings is 2. The summed E-state index contributed by atoms with van der Waals surface area (Å²) in [5.74, 6) is -0.0988. The highest BCUT2D eigenvalue weighted by Crippen LogP contribution is 2.24. The van der Waals surface area contributed by atoms with Gasteiger partial charge in [-0.05, 0) is 49.2 Å². The molecule has 0 radical (unpaired) electrons. The van der Waals surface area contributed by atoms with E-state index in [1.165, 1.54) is 6.42 Å². The molecule has 0 aliphatic carbocycles. The third-order valence-corrected chi connectivity index (χ3v) is 4.63. The summed E-state index contributed by atoms with van der Waals surface area (Å²) in [6.07, 6.45) is 5.12. The lowest BCUT2D eigenvalue weighted by molar-refractivity contribution is -0.127. The lowest BCUT2D eigenvalue weighted by Crippen LogP contribution is -2.41. The van der Waals surface area contributed by atoms with E-state index in [1.807, 2.05) is 42.5 Å². The van der Waals surface area contributed by atoms with E-state index in [9.17, 15) is 4.79 Å². The van der Waals surface area contributed by atoms with Crippen molar-refractivity contribution in [2.45, 2.75) is 25.3 Å². The van der Waals surface area contributed by atoms with Gasteiger partial charge in [-0.1, -0.05) is 60.5 Å². The molecule has 1 atom stereocenters. The van der Waals surface area contributed by atoms with Gasteiger partial charge in [-0.3, -0.25) is 9.69 Å².